The standard InChI is InChI=1S/C30H31Cl3N2O2S/c31-25-13-7-4-10-23(25)19-38-20-29(36)35(18-22-14-15-26(32)27(33)16-22)28(17-21-8-2-1-3-9-21)30(37)34-24-11-5-6-12-24/h1-4,7-10,13-16,24,28H,5-6,11-12,17-20H2,(H,34,37)/t28-/m0/s1. The molecular formula is C30H31Cl3N2O2S. The smallest absolute Gasteiger partial charge is 0.243 e. The van der Waals surface area contributed by atoms with E-state index in [-0.39, 0.29) is 30.2 Å². The molecule has 200 valence electrons. The molecule has 4 nitrogen and oxygen atoms in total. The van der Waals surface area contributed by atoms with E-state index in [4.69, 9.17) is 34.8 Å². The lowest BCUT2D eigenvalue weighted by Crippen LogP contribution is -2.52. The average Bonchev–Trinajstić information content (AvgIpc) is 3.43. The Morgan fingerprint density at radius 2 is 1.58 bits per heavy atom. The topological polar surface area (TPSA) is 49.4 Å². The summed E-state index contributed by atoms with van der Waals surface area (Å²) in [5.74, 6) is 0.582. The van der Waals surface area contributed by atoms with Crippen LogP contribution in [0.5, 0.6) is 0 Å². The highest BCUT2D eigenvalue weighted by molar-refractivity contribution is 7.99. The van der Waals surface area contributed by atoms with Crippen LogP contribution >= 0.6 is 46.6 Å². The molecule has 2 amide bonds. The molecule has 1 atom stereocenters. The molecular weight excluding hydrogens is 559 g/mol. The van der Waals surface area contributed by atoms with Crippen molar-refractivity contribution >= 4 is 58.4 Å². The first-order valence-corrected chi connectivity index (χ1v) is 15.1. The largest absolute Gasteiger partial charge is 0.352 e. The molecule has 38 heavy (non-hydrogen) atoms. The summed E-state index contributed by atoms with van der Waals surface area (Å²) in [6, 6.07) is 22.3. The molecule has 1 aliphatic rings. The Bertz CT molecular complexity index is 1240. The van der Waals surface area contributed by atoms with Gasteiger partial charge >= 0.3 is 0 Å². The third-order valence-corrected chi connectivity index (χ3v) is 8.82. The summed E-state index contributed by atoms with van der Waals surface area (Å²) in [5.41, 5.74) is 2.79. The van der Waals surface area contributed by atoms with Crippen molar-refractivity contribution in [2.45, 2.75) is 56.5 Å². The van der Waals surface area contributed by atoms with Gasteiger partial charge < -0.3 is 10.2 Å². The minimum Gasteiger partial charge on any atom is -0.352 e. The summed E-state index contributed by atoms with van der Waals surface area (Å²) in [6.07, 6.45) is 4.58. The number of carbonyl (C=O) groups is 2. The molecule has 1 N–H and O–H groups in total. The number of rotatable bonds is 11. The normalized spacial score (nSPS) is 14.3. The fourth-order valence-electron chi connectivity index (χ4n) is 4.70. The van der Waals surface area contributed by atoms with Crippen LogP contribution in [0.3, 0.4) is 0 Å². The monoisotopic (exact) mass is 588 g/mol. The third-order valence-electron chi connectivity index (χ3n) is 6.75. The van der Waals surface area contributed by atoms with E-state index >= 15 is 0 Å². The van der Waals surface area contributed by atoms with Crippen LogP contribution in [0, 0.1) is 0 Å². The van der Waals surface area contributed by atoms with Crippen molar-refractivity contribution in [1.82, 2.24) is 10.2 Å². The Labute approximate surface area is 244 Å². The van der Waals surface area contributed by atoms with Gasteiger partial charge in [-0.15, -0.1) is 11.8 Å². The van der Waals surface area contributed by atoms with Crippen molar-refractivity contribution in [2.75, 3.05) is 5.75 Å². The molecule has 0 aromatic heterocycles. The summed E-state index contributed by atoms with van der Waals surface area (Å²) in [6.45, 7) is 0.248. The van der Waals surface area contributed by atoms with E-state index in [2.05, 4.69) is 5.32 Å². The van der Waals surface area contributed by atoms with Crippen molar-refractivity contribution in [3.8, 4) is 0 Å². The molecule has 3 aromatic rings. The number of thioether (sulfide) groups is 1. The molecule has 4 rings (SSSR count). The summed E-state index contributed by atoms with van der Waals surface area (Å²) in [7, 11) is 0. The second-order valence-corrected chi connectivity index (χ2v) is 11.8. The molecule has 0 bridgehead atoms. The second-order valence-electron chi connectivity index (χ2n) is 9.55. The van der Waals surface area contributed by atoms with Crippen molar-refractivity contribution in [3.05, 3.63) is 105 Å². The summed E-state index contributed by atoms with van der Waals surface area (Å²) < 4.78 is 0. The van der Waals surface area contributed by atoms with Crippen molar-refractivity contribution < 1.29 is 9.59 Å². The highest BCUT2D eigenvalue weighted by atomic mass is 35.5. The van der Waals surface area contributed by atoms with Crippen molar-refractivity contribution in [1.29, 1.82) is 0 Å². The van der Waals surface area contributed by atoms with Crippen LogP contribution < -0.4 is 5.32 Å². The average molecular weight is 590 g/mol. The van der Waals surface area contributed by atoms with Gasteiger partial charge in [-0.25, -0.2) is 0 Å². The predicted octanol–water partition coefficient (Wildman–Crippen LogP) is 7.58. The predicted molar refractivity (Wildman–Crippen MR) is 159 cm³/mol. The Kier molecular flexibility index (Phi) is 10.8. The van der Waals surface area contributed by atoms with Gasteiger partial charge in [0, 0.05) is 29.8 Å². The highest BCUT2D eigenvalue weighted by Crippen LogP contribution is 2.26. The number of halogens is 3. The number of carbonyl (C=O) groups excluding carboxylic acids is 2. The minimum absolute atomic E-state index is 0.115. The van der Waals surface area contributed by atoms with Gasteiger partial charge in [0.2, 0.25) is 11.8 Å². The van der Waals surface area contributed by atoms with Gasteiger partial charge in [-0.1, -0.05) is 102 Å². The van der Waals surface area contributed by atoms with E-state index in [1.807, 2.05) is 60.7 Å². The van der Waals surface area contributed by atoms with Crippen LogP contribution in [0.1, 0.15) is 42.4 Å². The molecule has 0 saturated heterocycles. The molecule has 0 heterocycles. The van der Waals surface area contributed by atoms with Crippen LogP contribution in [-0.4, -0.2) is 34.6 Å². The summed E-state index contributed by atoms with van der Waals surface area (Å²) in [4.78, 5) is 29.2. The zero-order valence-electron chi connectivity index (χ0n) is 21.0. The first-order chi connectivity index (χ1) is 18.4. The van der Waals surface area contributed by atoms with E-state index in [1.54, 1.807) is 17.0 Å². The Morgan fingerprint density at radius 1 is 0.868 bits per heavy atom. The lowest BCUT2D eigenvalue weighted by Gasteiger charge is -2.32. The highest BCUT2D eigenvalue weighted by Gasteiger charge is 2.32. The van der Waals surface area contributed by atoms with Gasteiger partial charge in [-0.3, -0.25) is 9.59 Å². The van der Waals surface area contributed by atoms with Gasteiger partial charge in [0.25, 0.3) is 0 Å². The quantitative estimate of drug-likeness (QED) is 0.251. The number of nitrogens with zero attached hydrogens (tertiary/aromatic N) is 1. The van der Waals surface area contributed by atoms with E-state index in [0.717, 1.165) is 42.4 Å². The lowest BCUT2D eigenvalue weighted by atomic mass is 10.0. The zero-order valence-corrected chi connectivity index (χ0v) is 24.1. The van der Waals surface area contributed by atoms with Gasteiger partial charge in [0.05, 0.1) is 15.8 Å². The van der Waals surface area contributed by atoms with Crippen LogP contribution in [0.15, 0.2) is 72.8 Å². The van der Waals surface area contributed by atoms with Crippen molar-refractivity contribution in [2.24, 2.45) is 0 Å². The maximum Gasteiger partial charge on any atom is 0.243 e. The summed E-state index contributed by atoms with van der Waals surface area (Å²) >= 11 is 20.2. The van der Waals surface area contributed by atoms with Crippen LogP contribution in [-0.2, 0) is 28.3 Å². The maximum atomic E-state index is 13.8. The minimum atomic E-state index is -0.666. The third kappa shape index (κ3) is 8.16. The van der Waals surface area contributed by atoms with Crippen LogP contribution in [0.25, 0.3) is 0 Å². The summed E-state index contributed by atoms with van der Waals surface area (Å²) in [5, 5.41) is 4.77. The van der Waals surface area contributed by atoms with Gasteiger partial charge in [-0.2, -0.15) is 0 Å². The molecule has 0 spiro atoms. The number of benzene rings is 3. The fourth-order valence-corrected chi connectivity index (χ4v) is 6.22. The Hall–Kier alpha value is -2.18. The fraction of sp³-hybridized carbons (Fsp3) is 0.333. The zero-order chi connectivity index (χ0) is 26.9. The van der Waals surface area contributed by atoms with E-state index in [1.165, 1.54) is 11.8 Å². The molecule has 8 heteroatoms. The van der Waals surface area contributed by atoms with Gasteiger partial charge in [0.1, 0.15) is 6.04 Å². The molecule has 1 saturated carbocycles. The first kappa shape index (κ1) is 28.8. The molecule has 0 unspecified atom stereocenters. The Morgan fingerprint density at radius 3 is 2.29 bits per heavy atom. The number of nitrogens with one attached hydrogen (secondary N) is 1. The van der Waals surface area contributed by atoms with Gasteiger partial charge in [0.15, 0.2) is 0 Å². The lowest BCUT2D eigenvalue weighted by molar-refractivity contribution is -0.139. The van der Waals surface area contributed by atoms with Crippen LogP contribution in [0.2, 0.25) is 15.1 Å². The molecule has 3 aromatic carbocycles. The van der Waals surface area contributed by atoms with E-state index in [9.17, 15) is 9.59 Å². The van der Waals surface area contributed by atoms with E-state index in [0.29, 0.717) is 27.2 Å². The molecule has 0 radical (unpaired) electrons. The number of hydrogen-bond acceptors (Lipinski definition) is 3. The molecule has 0 aliphatic heterocycles. The van der Waals surface area contributed by atoms with Crippen LogP contribution in [0.4, 0.5) is 0 Å². The first-order valence-electron chi connectivity index (χ1n) is 12.8. The second kappa shape index (κ2) is 14.3. The number of hydrogen-bond donors (Lipinski definition) is 1. The maximum absolute atomic E-state index is 13.8. The molecule has 1 fully saturated rings. The molecule has 1 aliphatic carbocycles. The number of amides is 2. The van der Waals surface area contributed by atoms with Gasteiger partial charge in [-0.05, 0) is 47.7 Å². The Balaban J connectivity index is 1.59. The van der Waals surface area contributed by atoms with E-state index < -0.39 is 6.04 Å². The van der Waals surface area contributed by atoms with Crippen molar-refractivity contribution in [3.63, 3.8) is 0 Å². The SMILES string of the molecule is O=C(NC1CCCC1)[C@H](Cc1ccccc1)N(Cc1ccc(Cl)c(Cl)c1)C(=O)CSCc1ccccc1Cl.